The SMILES string of the molecule is N#Cc1cccc(-c2csc(Cc3cccc(C(F)(F)F)n3)n2)c1. The molecular formula is C17H10F3N3S. The maximum Gasteiger partial charge on any atom is 0.433 e. The number of aromatic nitrogens is 2. The molecule has 3 rings (SSSR count). The number of thiazole rings is 1. The predicted octanol–water partition coefficient (Wildman–Crippen LogP) is 4.69. The Labute approximate surface area is 140 Å². The van der Waals surface area contributed by atoms with Crippen LogP contribution in [0, 0.1) is 11.3 Å². The van der Waals surface area contributed by atoms with Crippen molar-refractivity contribution in [1.29, 1.82) is 5.26 Å². The number of pyridine rings is 1. The molecule has 0 N–H and O–H groups in total. The van der Waals surface area contributed by atoms with Gasteiger partial charge in [0, 0.05) is 23.1 Å². The van der Waals surface area contributed by atoms with Gasteiger partial charge in [-0.2, -0.15) is 18.4 Å². The standard InChI is InChI=1S/C17H10F3N3S/c18-17(19,20)15-6-2-5-13(22-15)8-16-23-14(10-24-16)12-4-1-3-11(7-12)9-21/h1-7,10H,8H2. The summed E-state index contributed by atoms with van der Waals surface area (Å²) >= 11 is 1.35. The van der Waals surface area contributed by atoms with Crippen LogP contribution in [0.1, 0.15) is 22.0 Å². The third kappa shape index (κ3) is 3.60. The van der Waals surface area contributed by atoms with Crippen LogP contribution in [0.4, 0.5) is 13.2 Å². The average Bonchev–Trinajstić information content (AvgIpc) is 3.03. The smallest absolute Gasteiger partial charge is 0.248 e. The summed E-state index contributed by atoms with van der Waals surface area (Å²) in [5.41, 5.74) is 1.43. The minimum absolute atomic E-state index is 0.229. The van der Waals surface area contributed by atoms with E-state index in [-0.39, 0.29) is 6.42 Å². The summed E-state index contributed by atoms with van der Waals surface area (Å²) in [6.45, 7) is 0. The highest BCUT2D eigenvalue weighted by Gasteiger charge is 2.32. The number of nitrogens with zero attached hydrogens (tertiary/aromatic N) is 3. The Balaban J connectivity index is 1.83. The van der Waals surface area contributed by atoms with Crippen molar-refractivity contribution >= 4 is 11.3 Å². The normalized spacial score (nSPS) is 11.2. The second kappa shape index (κ2) is 6.42. The molecule has 0 aliphatic carbocycles. The number of alkyl halides is 3. The maximum atomic E-state index is 12.7. The van der Waals surface area contributed by atoms with Crippen LogP contribution >= 0.6 is 11.3 Å². The van der Waals surface area contributed by atoms with E-state index in [1.807, 2.05) is 11.4 Å². The summed E-state index contributed by atoms with van der Waals surface area (Å²) in [5.74, 6) is 0. The minimum Gasteiger partial charge on any atom is -0.248 e. The summed E-state index contributed by atoms with van der Waals surface area (Å²) in [4.78, 5) is 8.08. The number of benzene rings is 1. The zero-order valence-corrected chi connectivity index (χ0v) is 13.0. The van der Waals surface area contributed by atoms with E-state index >= 15 is 0 Å². The summed E-state index contributed by atoms with van der Waals surface area (Å²) in [7, 11) is 0. The van der Waals surface area contributed by atoms with Crippen LogP contribution in [0.3, 0.4) is 0 Å². The zero-order chi connectivity index (χ0) is 17.2. The fourth-order valence-electron chi connectivity index (χ4n) is 2.16. The Morgan fingerprint density at radius 2 is 1.88 bits per heavy atom. The van der Waals surface area contributed by atoms with Crippen LogP contribution in [0.25, 0.3) is 11.3 Å². The summed E-state index contributed by atoms with van der Waals surface area (Å²) < 4.78 is 38.1. The third-order valence-electron chi connectivity index (χ3n) is 3.27. The van der Waals surface area contributed by atoms with Gasteiger partial charge in [-0.3, -0.25) is 0 Å². The van der Waals surface area contributed by atoms with Crippen LogP contribution in [-0.4, -0.2) is 9.97 Å². The van der Waals surface area contributed by atoms with Crippen LogP contribution in [0.2, 0.25) is 0 Å². The number of hydrogen-bond donors (Lipinski definition) is 0. The first-order valence-electron chi connectivity index (χ1n) is 6.94. The highest BCUT2D eigenvalue weighted by molar-refractivity contribution is 7.10. The molecule has 1 aromatic carbocycles. The number of rotatable bonds is 3. The molecular weight excluding hydrogens is 335 g/mol. The number of nitriles is 1. The van der Waals surface area contributed by atoms with E-state index in [1.54, 1.807) is 24.3 Å². The van der Waals surface area contributed by atoms with E-state index in [0.717, 1.165) is 11.6 Å². The molecule has 0 aliphatic rings. The highest BCUT2D eigenvalue weighted by Crippen LogP contribution is 2.28. The van der Waals surface area contributed by atoms with Crippen LogP contribution in [0.15, 0.2) is 47.8 Å². The zero-order valence-electron chi connectivity index (χ0n) is 12.2. The molecule has 0 unspecified atom stereocenters. The van der Waals surface area contributed by atoms with E-state index < -0.39 is 11.9 Å². The molecule has 3 nitrogen and oxygen atoms in total. The largest absolute Gasteiger partial charge is 0.433 e. The molecule has 0 amide bonds. The van der Waals surface area contributed by atoms with Gasteiger partial charge in [-0.1, -0.05) is 18.2 Å². The van der Waals surface area contributed by atoms with Gasteiger partial charge in [0.2, 0.25) is 0 Å². The second-order valence-electron chi connectivity index (χ2n) is 5.01. The fraction of sp³-hybridized carbons (Fsp3) is 0.118. The monoisotopic (exact) mass is 345 g/mol. The van der Waals surface area contributed by atoms with Crippen molar-refractivity contribution in [2.24, 2.45) is 0 Å². The van der Waals surface area contributed by atoms with Gasteiger partial charge in [-0.05, 0) is 24.3 Å². The van der Waals surface area contributed by atoms with Gasteiger partial charge in [0.05, 0.1) is 22.3 Å². The van der Waals surface area contributed by atoms with Crippen molar-refractivity contribution in [3.8, 4) is 17.3 Å². The second-order valence-corrected chi connectivity index (χ2v) is 5.95. The van der Waals surface area contributed by atoms with Crippen molar-refractivity contribution in [2.75, 3.05) is 0 Å². The average molecular weight is 345 g/mol. The molecule has 2 aromatic heterocycles. The molecule has 0 saturated heterocycles. The van der Waals surface area contributed by atoms with E-state index in [1.165, 1.54) is 17.4 Å². The molecule has 120 valence electrons. The molecule has 0 bridgehead atoms. The van der Waals surface area contributed by atoms with Crippen molar-refractivity contribution < 1.29 is 13.2 Å². The first-order chi connectivity index (χ1) is 11.5. The van der Waals surface area contributed by atoms with Gasteiger partial charge >= 0.3 is 6.18 Å². The van der Waals surface area contributed by atoms with Gasteiger partial charge in [-0.15, -0.1) is 11.3 Å². The van der Waals surface area contributed by atoms with E-state index in [0.29, 0.717) is 22.0 Å². The molecule has 0 radical (unpaired) electrons. The Kier molecular flexibility index (Phi) is 4.32. The van der Waals surface area contributed by atoms with Gasteiger partial charge < -0.3 is 0 Å². The molecule has 3 aromatic rings. The van der Waals surface area contributed by atoms with Crippen molar-refractivity contribution in [2.45, 2.75) is 12.6 Å². The molecule has 0 atom stereocenters. The van der Waals surface area contributed by atoms with Crippen molar-refractivity contribution in [3.05, 3.63) is 69.8 Å². The Bertz CT molecular complexity index is 910. The quantitative estimate of drug-likeness (QED) is 0.692. The van der Waals surface area contributed by atoms with Gasteiger partial charge in [0.25, 0.3) is 0 Å². The summed E-state index contributed by atoms with van der Waals surface area (Å²) in [5, 5.41) is 11.4. The lowest BCUT2D eigenvalue weighted by atomic mass is 10.1. The maximum absolute atomic E-state index is 12.7. The Morgan fingerprint density at radius 1 is 1.08 bits per heavy atom. The Morgan fingerprint density at radius 3 is 2.62 bits per heavy atom. The lowest BCUT2D eigenvalue weighted by Crippen LogP contribution is -2.09. The topological polar surface area (TPSA) is 49.6 Å². The third-order valence-corrected chi connectivity index (χ3v) is 4.12. The van der Waals surface area contributed by atoms with E-state index in [2.05, 4.69) is 16.0 Å². The van der Waals surface area contributed by atoms with Crippen molar-refractivity contribution in [3.63, 3.8) is 0 Å². The van der Waals surface area contributed by atoms with E-state index in [9.17, 15) is 13.2 Å². The Hall–Kier alpha value is -2.72. The molecule has 0 spiro atoms. The van der Waals surface area contributed by atoms with Gasteiger partial charge in [0.1, 0.15) is 5.69 Å². The lowest BCUT2D eigenvalue weighted by molar-refractivity contribution is -0.141. The molecule has 0 aliphatic heterocycles. The van der Waals surface area contributed by atoms with Crippen LogP contribution in [0.5, 0.6) is 0 Å². The van der Waals surface area contributed by atoms with Crippen LogP contribution < -0.4 is 0 Å². The summed E-state index contributed by atoms with van der Waals surface area (Å²) in [6, 6.07) is 12.9. The lowest BCUT2D eigenvalue weighted by Gasteiger charge is -2.06. The number of halogens is 3. The van der Waals surface area contributed by atoms with Gasteiger partial charge in [0.15, 0.2) is 0 Å². The molecule has 0 fully saturated rings. The number of hydrogen-bond acceptors (Lipinski definition) is 4. The predicted molar refractivity (Wildman–Crippen MR) is 84.3 cm³/mol. The molecule has 0 saturated carbocycles. The molecule has 7 heteroatoms. The van der Waals surface area contributed by atoms with E-state index in [4.69, 9.17) is 5.26 Å². The highest BCUT2D eigenvalue weighted by atomic mass is 32.1. The van der Waals surface area contributed by atoms with Gasteiger partial charge in [-0.25, -0.2) is 9.97 Å². The van der Waals surface area contributed by atoms with Crippen molar-refractivity contribution in [1.82, 2.24) is 9.97 Å². The molecule has 24 heavy (non-hydrogen) atoms. The first-order valence-corrected chi connectivity index (χ1v) is 7.82. The summed E-state index contributed by atoms with van der Waals surface area (Å²) in [6.07, 6.45) is -4.23. The fourth-order valence-corrected chi connectivity index (χ4v) is 2.98. The van der Waals surface area contributed by atoms with Crippen LogP contribution in [-0.2, 0) is 12.6 Å². The molecule has 2 heterocycles. The first kappa shape index (κ1) is 16.1. The minimum atomic E-state index is -4.46.